The molecule has 0 bridgehead atoms. The van der Waals surface area contributed by atoms with Crippen LogP contribution in [0, 0.1) is 17.7 Å². The largest absolute Gasteiger partial charge is 0.389 e. The van der Waals surface area contributed by atoms with Crippen LogP contribution in [0.5, 0.6) is 0 Å². The fourth-order valence-electron chi connectivity index (χ4n) is 6.12. The van der Waals surface area contributed by atoms with Crippen LogP contribution in [0.15, 0.2) is 18.5 Å². The number of aromatic nitrogens is 3. The number of ether oxygens (including phenoxy) is 2. The van der Waals surface area contributed by atoms with Crippen LogP contribution in [0.3, 0.4) is 0 Å². The van der Waals surface area contributed by atoms with Gasteiger partial charge < -0.3 is 19.1 Å². The summed E-state index contributed by atoms with van der Waals surface area (Å²) in [6.45, 7) is 16.0. The van der Waals surface area contributed by atoms with E-state index in [0.717, 1.165) is 41.4 Å². The van der Waals surface area contributed by atoms with Crippen molar-refractivity contribution in [3.63, 3.8) is 0 Å². The molecule has 0 aromatic carbocycles. The standard InChI is InChI=1S/C28H48N5O5SSi/c1-8-23-17-28(34,20-39(35,36)32-11-13-37-14-12-32)18-24(23)27(30(3)4)33-22(2)19-29-26-25(33)9-10-31(26)21-38-15-16-40(5,6)7/h9-10,19,23-24,34H,2,8,11-18,20-21H2,1,3-7H3/q+1. The predicted molar refractivity (Wildman–Crippen MR) is 159 cm³/mol. The van der Waals surface area contributed by atoms with E-state index in [4.69, 9.17) is 14.5 Å². The summed E-state index contributed by atoms with van der Waals surface area (Å²) in [6.07, 6.45) is 5.39. The Morgan fingerprint density at radius 3 is 2.62 bits per heavy atom. The molecule has 12 heteroatoms. The molecule has 2 fully saturated rings. The van der Waals surface area contributed by atoms with E-state index in [0.29, 0.717) is 45.9 Å². The van der Waals surface area contributed by atoms with Gasteiger partial charge in [0.15, 0.2) is 11.2 Å². The Morgan fingerprint density at radius 2 is 2.00 bits per heavy atom. The third-order valence-corrected chi connectivity index (χ3v) is 11.9. The zero-order valence-electron chi connectivity index (χ0n) is 25.1. The van der Waals surface area contributed by atoms with Gasteiger partial charge in [0.1, 0.15) is 12.1 Å². The average Bonchev–Trinajstić information content (AvgIpc) is 3.43. The quantitative estimate of drug-likeness (QED) is 0.240. The van der Waals surface area contributed by atoms with Crippen molar-refractivity contribution in [3.8, 4) is 0 Å². The molecule has 0 radical (unpaired) electrons. The topological polar surface area (TPSA) is 103 Å². The summed E-state index contributed by atoms with van der Waals surface area (Å²) >= 11 is 0. The summed E-state index contributed by atoms with van der Waals surface area (Å²) < 4.78 is 43.5. The normalized spacial score (nSPS) is 25.5. The van der Waals surface area contributed by atoms with Gasteiger partial charge in [-0.25, -0.2) is 13.4 Å². The lowest BCUT2D eigenvalue weighted by Gasteiger charge is -2.30. The monoisotopic (exact) mass is 594 g/mol. The lowest BCUT2D eigenvalue weighted by atomic mass is 9.92. The molecule has 3 unspecified atom stereocenters. The van der Waals surface area contributed by atoms with Gasteiger partial charge in [0.25, 0.3) is 5.84 Å². The first-order chi connectivity index (χ1) is 18.7. The molecule has 0 spiro atoms. The van der Waals surface area contributed by atoms with Crippen LogP contribution in [-0.2, 0) is 26.2 Å². The van der Waals surface area contributed by atoms with Crippen molar-refractivity contribution in [3.05, 3.63) is 29.6 Å². The number of morpholine rings is 1. The molecular formula is C28H48N5O5SSi+. The van der Waals surface area contributed by atoms with Gasteiger partial charge in [-0.3, -0.25) is 4.90 Å². The van der Waals surface area contributed by atoms with Gasteiger partial charge in [-0.05, 0) is 31.4 Å². The van der Waals surface area contributed by atoms with Crippen LogP contribution >= 0.6 is 0 Å². The molecule has 40 heavy (non-hydrogen) atoms. The number of nitrogens with zero attached hydrogens (tertiary/aromatic N) is 5. The van der Waals surface area contributed by atoms with Gasteiger partial charge in [0.05, 0.1) is 50.8 Å². The Hall–Kier alpha value is -1.83. The van der Waals surface area contributed by atoms with Gasteiger partial charge in [-0.2, -0.15) is 8.55 Å². The molecule has 1 N–H and O–H groups in total. The summed E-state index contributed by atoms with van der Waals surface area (Å²) in [5.74, 6) is 0.773. The number of aliphatic hydroxyl groups is 1. The van der Waals surface area contributed by atoms with Crippen LogP contribution < -0.4 is 9.59 Å². The van der Waals surface area contributed by atoms with E-state index in [2.05, 4.69) is 42.3 Å². The number of rotatable bonds is 11. The number of sulfonamides is 1. The van der Waals surface area contributed by atoms with Crippen molar-refractivity contribution in [1.82, 2.24) is 18.8 Å². The molecule has 1 aliphatic heterocycles. The molecule has 2 aromatic heterocycles. The minimum Gasteiger partial charge on any atom is -0.389 e. The Bertz CT molecular complexity index is 1400. The van der Waals surface area contributed by atoms with Gasteiger partial charge >= 0.3 is 0 Å². The SMILES string of the molecule is C=c1cnc2c(ccn2COCC[Si](C)(C)C)[n+]1=C(C1CC(O)(CS(=O)(=O)N2CCOCC2)CC1CC)N(C)C. The minimum absolute atomic E-state index is 0.0580. The van der Waals surface area contributed by atoms with Crippen LogP contribution in [0.25, 0.3) is 17.7 Å². The van der Waals surface area contributed by atoms with Crippen LogP contribution in [0.1, 0.15) is 26.2 Å². The summed E-state index contributed by atoms with van der Waals surface area (Å²) in [5.41, 5.74) is 0.403. The van der Waals surface area contributed by atoms with Crippen molar-refractivity contribution >= 4 is 35.8 Å². The van der Waals surface area contributed by atoms with E-state index >= 15 is 0 Å². The zero-order chi connectivity index (χ0) is 29.3. The van der Waals surface area contributed by atoms with E-state index in [1.54, 1.807) is 6.20 Å². The summed E-state index contributed by atoms with van der Waals surface area (Å²) in [6, 6.07) is 3.14. The molecule has 1 aliphatic carbocycles. The number of fused-ring (bicyclic) bond motifs is 1. The first-order valence-corrected chi connectivity index (χ1v) is 19.7. The van der Waals surface area contributed by atoms with Crippen molar-refractivity contribution in [2.75, 3.05) is 52.8 Å². The number of hydrogen-bond donors (Lipinski definition) is 1. The second-order valence-corrected chi connectivity index (χ2v) is 20.4. The molecular weight excluding hydrogens is 546 g/mol. The van der Waals surface area contributed by atoms with E-state index in [1.807, 2.05) is 30.9 Å². The molecule has 4 rings (SSSR count). The highest BCUT2D eigenvalue weighted by Gasteiger charge is 2.51. The Kier molecular flexibility index (Phi) is 9.48. The van der Waals surface area contributed by atoms with Gasteiger partial charge in [0.2, 0.25) is 10.0 Å². The molecule has 2 aliphatic rings. The van der Waals surface area contributed by atoms with E-state index in [9.17, 15) is 13.5 Å². The predicted octanol–water partition coefficient (Wildman–Crippen LogP) is 1.77. The van der Waals surface area contributed by atoms with Crippen LogP contribution in [-0.4, -0.2) is 98.7 Å². The second-order valence-electron chi connectivity index (χ2n) is 12.9. The maximum Gasteiger partial charge on any atom is 0.260 e. The maximum absolute atomic E-state index is 13.3. The molecule has 1 saturated heterocycles. The zero-order valence-corrected chi connectivity index (χ0v) is 26.9. The molecule has 1 saturated carbocycles. The van der Waals surface area contributed by atoms with Gasteiger partial charge in [-0.1, -0.05) is 33.0 Å². The van der Waals surface area contributed by atoms with Gasteiger partial charge in [-0.15, -0.1) is 0 Å². The Balaban J connectivity index is 1.69. The Labute approximate surface area is 240 Å². The highest BCUT2D eigenvalue weighted by Crippen LogP contribution is 2.44. The number of hydrogen-bond acceptors (Lipinski definition) is 7. The van der Waals surface area contributed by atoms with Crippen LogP contribution in [0.4, 0.5) is 0 Å². The van der Waals surface area contributed by atoms with Crippen LogP contribution in [0.2, 0.25) is 25.7 Å². The third kappa shape index (κ3) is 6.96. The smallest absolute Gasteiger partial charge is 0.260 e. The molecule has 2 aromatic rings. The van der Waals surface area contributed by atoms with E-state index < -0.39 is 23.7 Å². The molecule has 3 heterocycles. The lowest BCUT2D eigenvalue weighted by molar-refractivity contribution is -0.527. The van der Waals surface area contributed by atoms with Crippen molar-refractivity contribution in [2.45, 2.75) is 64.2 Å². The van der Waals surface area contributed by atoms with E-state index in [-0.39, 0.29) is 17.6 Å². The summed E-state index contributed by atoms with van der Waals surface area (Å²) in [5, 5.41) is 12.5. The molecule has 10 nitrogen and oxygen atoms in total. The fraction of sp³-hybridized carbons (Fsp3) is 0.714. The second kappa shape index (κ2) is 12.2. The summed E-state index contributed by atoms with van der Waals surface area (Å²) in [4.78, 5) is 6.77. The first-order valence-electron chi connectivity index (χ1n) is 14.4. The Morgan fingerprint density at radius 1 is 1.30 bits per heavy atom. The maximum atomic E-state index is 13.3. The minimum atomic E-state index is -3.61. The average molecular weight is 595 g/mol. The molecule has 0 amide bonds. The van der Waals surface area contributed by atoms with Crippen molar-refractivity contribution in [1.29, 1.82) is 0 Å². The van der Waals surface area contributed by atoms with Crippen molar-refractivity contribution in [2.24, 2.45) is 11.8 Å². The summed E-state index contributed by atoms with van der Waals surface area (Å²) in [7, 11) is -0.793. The van der Waals surface area contributed by atoms with Gasteiger partial charge in [0, 0.05) is 40.0 Å². The highest BCUT2D eigenvalue weighted by atomic mass is 32.2. The first kappa shape index (κ1) is 31.1. The van der Waals surface area contributed by atoms with Crippen molar-refractivity contribution < 1.29 is 27.2 Å². The molecule has 224 valence electrons. The lowest BCUT2D eigenvalue weighted by Crippen LogP contribution is -2.48. The third-order valence-electron chi connectivity index (χ3n) is 8.17. The van der Waals surface area contributed by atoms with E-state index in [1.165, 1.54) is 4.31 Å². The fourth-order valence-corrected chi connectivity index (χ4v) is 8.68. The highest BCUT2D eigenvalue weighted by molar-refractivity contribution is 7.89. The molecule has 3 atom stereocenters.